The third-order valence-corrected chi connectivity index (χ3v) is 2.67. The van der Waals surface area contributed by atoms with Gasteiger partial charge in [-0.3, -0.25) is 9.69 Å². The van der Waals surface area contributed by atoms with Gasteiger partial charge in [-0.15, -0.1) is 0 Å². The molecule has 3 heteroatoms. The molecule has 3 nitrogen and oxygen atoms in total. The molecule has 0 aromatic heterocycles. The van der Waals surface area contributed by atoms with Crippen LogP contribution in [0.25, 0.3) is 0 Å². The van der Waals surface area contributed by atoms with Crippen LogP contribution in [-0.4, -0.2) is 30.4 Å². The molecular formula is C14H21NO2. The maximum atomic E-state index is 11.0. The van der Waals surface area contributed by atoms with Gasteiger partial charge in [0.05, 0.1) is 0 Å². The molecule has 0 spiro atoms. The van der Waals surface area contributed by atoms with Gasteiger partial charge in [-0.2, -0.15) is 0 Å². The normalized spacial score (nSPS) is 12.7. The molecule has 0 aliphatic carbocycles. The van der Waals surface area contributed by atoms with Crippen molar-refractivity contribution in [2.75, 3.05) is 19.7 Å². The van der Waals surface area contributed by atoms with Gasteiger partial charge in [-0.05, 0) is 25.6 Å². The van der Waals surface area contributed by atoms with Crippen molar-refractivity contribution in [2.24, 2.45) is 0 Å². The monoisotopic (exact) mass is 235 g/mol. The van der Waals surface area contributed by atoms with Gasteiger partial charge in [0.25, 0.3) is 0 Å². The van der Waals surface area contributed by atoms with E-state index in [4.69, 9.17) is 4.74 Å². The highest BCUT2D eigenvalue weighted by Crippen LogP contribution is 2.21. The number of rotatable bonds is 7. The summed E-state index contributed by atoms with van der Waals surface area (Å²) in [6.45, 7) is 7.69. The molecule has 0 N–H and O–H groups in total. The standard InChI is InChI=1S/C14H21NO2/c1-4-15(5-2)14(17-11-12(3)16)13-9-7-6-8-10-13/h6-10,14H,4-5,11H2,1-3H3. The maximum Gasteiger partial charge on any atom is 0.155 e. The first kappa shape index (κ1) is 13.9. The third-order valence-electron chi connectivity index (χ3n) is 2.67. The highest BCUT2D eigenvalue weighted by atomic mass is 16.5. The number of carbonyl (C=O) groups excluding carboxylic acids is 1. The Bertz CT molecular complexity index is 333. The molecule has 0 heterocycles. The van der Waals surface area contributed by atoms with Gasteiger partial charge >= 0.3 is 0 Å². The lowest BCUT2D eigenvalue weighted by Gasteiger charge is -2.29. The Morgan fingerprint density at radius 3 is 2.29 bits per heavy atom. The number of carbonyl (C=O) groups is 1. The van der Waals surface area contributed by atoms with Crippen molar-refractivity contribution in [3.63, 3.8) is 0 Å². The van der Waals surface area contributed by atoms with E-state index in [-0.39, 0.29) is 18.6 Å². The average Bonchev–Trinajstić information content (AvgIpc) is 2.35. The highest BCUT2D eigenvalue weighted by molar-refractivity contribution is 5.76. The van der Waals surface area contributed by atoms with Crippen LogP contribution in [0.2, 0.25) is 0 Å². The second-order valence-electron chi connectivity index (χ2n) is 4.00. The van der Waals surface area contributed by atoms with Crippen molar-refractivity contribution in [3.05, 3.63) is 35.9 Å². The first-order valence-electron chi connectivity index (χ1n) is 6.09. The Morgan fingerprint density at radius 2 is 1.82 bits per heavy atom. The van der Waals surface area contributed by atoms with Gasteiger partial charge in [0, 0.05) is 0 Å². The number of ether oxygens (including phenoxy) is 1. The number of benzene rings is 1. The van der Waals surface area contributed by atoms with Crippen molar-refractivity contribution < 1.29 is 9.53 Å². The fraction of sp³-hybridized carbons (Fsp3) is 0.500. The minimum Gasteiger partial charge on any atom is -0.351 e. The van der Waals surface area contributed by atoms with Crippen molar-refractivity contribution in [3.8, 4) is 0 Å². The zero-order valence-electron chi connectivity index (χ0n) is 10.8. The van der Waals surface area contributed by atoms with Crippen molar-refractivity contribution in [1.29, 1.82) is 0 Å². The van der Waals surface area contributed by atoms with Crippen LogP contribution in [0.3, 0.4) is 0 Å². The van der Waals surface area contributed by atoms with Crippen LogP contribution in [0, 0.1) is 0 Å². The van der Waals surface area contributed by atoms with Crippen LogP contribution < -0.4 is 0 Å². The fourth-order valence-corrected chi connectivity index (χ4v) is 1.78. The van der Waals surface area contributed by atoms with Gasteiger partial charge in [0.2, 0.25) is 0 Å². The molecule has 0 saturated carbocycles. The predicted molar refractivity (Wildman–Crippen MR) is 68.7 cm³/mol. The smallest absolute Gasteiger partial charge is 0.155 e. The van der Waals surface area contributed by atoms with E-state index >= 15 is 0 Å². The average molecular weight is 235 g/mol. The van der Waals surface area contributed by atoms with Gasteiger partial charge in [0.15, 0.2) is 5.78 Å². The summed E-state index contributed by atoms with van der Waals surface area (Å²) in [5, 5.41) is 0. The number of hydrogen-bond acceptors (Lipinski definition) is 3. The Labute approximate surface area is 103 Å². The second-order valence-corrected chi connectivity index (χ2v) is 4.00. The van der Waals surface area contributed by atoms with Gasteiger partial charge < -0.3 is 4.74 Å². The summed E-state index contributed by atoms with van der Waals surface area (Å²) < 4.78 is 5.71. The summed E-state index contributed by atoms with van der Waals surface area (Å²) in [6.07, 6.45) is -0.130. The van der Waals surface area contributed by atoms with E-state index in [0.29, 0.717) is 0 Å². The molecule has 1 aromatic carbocycles. The molecule has 1 aromatic rings. The van der Waals surface area contributed by atoms with E-state index < -0.39 is 0 Å². The minimum absolute atomic E-state index is 0.0538. The molecule has 0 bridgehead atoms. The van der Waals surface area contributed by atoms with Crippen molar-refractivity contribution >= 4 is 5.78 Å². The number of hydrogen-bond donors (Lipinski definition) is 0. The van der Waals surface area contributed by atoms with Crippen LogP contribution in [0.15, 0.2) is 30.3 Å². The second kappa shape index (κ2) is 7.20. The molecule has 0 amide bonds. The topological polar surface area (TPSA) is 29.5 Å². The predicted octanol–water partition coefficient (Wildman–Crippen LogP) is 2.63. The molecule has 0 aliphatic heterocycles. The van der Waals surface area contributed by atoms with E-state index in [1.165, 1.54) is 0 Å². The van der Waals surface area contributed by atoms with Gasteiger partial charge in [0.1, 0.15) is 12.8 Å². The number of nitrogens with zero attached hydrogens (tertiary/aromatic N) is 1. The van der Waals surface area contributed by atoms with E-state index in [1.807, 2.05) is 30.3 Å². The molecule has 1 atom stereocenters. The molecule has 0 fully saturated rings. The summed E-state index contributed by atoms with van der Waals surface area (Å²) >= 11 is 0. The number of Topliss-reactive ketones (excluding diaryl/α,β-unsaturated/α-hetero) is 1. The van der Waals surface area contributed by atoms with E-state index in [2.05, 4.69) is 18.7 Å². The molecule has 94 valence electrons. The van der Waals surface area contributed by atoms with E-state index in [9.17, 15) is 4.79 Å². The van der Waals surface area contributed by atoms with Crippen LogP contribution in [0.4, 0.5) is 0 Å². The Balaban J connectivity index is 2.81. The summed E-state index contributed by atoms with van der Waals surface area (Å²) in [7, 11) is 0. The van der Waals surface area contributed by atoms with Crippen LogP contribution in [0.1, 0.15) is 32.6 Å². The first-order chi connectivity index (χ1) is 8.19. The number of ketones is 1. The van der Waals surface area contributed by atoms with E-state index in [0.717, 1.165) is 18.7 Å². The maximum absolute atomic E-state index is 11.0. The molecule has 1 rings (SSSR count). The van der Waals surface area contributed by atoms with Crippen molar-refractivity contribution in [1.82, 2.24) is 4.90 Å². The molecule has 0 aliphatic rings. The summed E-state index contributed by atoms with van der Waals surface area (Å²) in [5.41, 5.74) is 1.09. The molecular weight excluding hydrogens is 214 g/mol. The lowest BCUT2D eigenvalue weighted by molar-refractivity contribution is -0.129. The fourth-order valence-electron chi connectivity index (χ4n) is 1.78. The largest absolute Gasteiger partial charge is 0.351 e. The molecule has 1 unspecified atom stereocenters. The van der Waals surface area contributed by atoms with Gasteiger partial charge in [-0.1, -0.05) is 44.2 Å². The third kappa shape index (κ3) is 4.29. The Hall–Kier alpha value is -1.19. The highest BCUT2D eigenvalue weighted by Gasteiger charge is 2.18. The zero-order chi connectivity index (χ0) is 12.7. The summed E-state index contributed by atoms with van der Waals surface area (Å²) in [6, 6.07) is 10.0. The Morgan fingerprint density at radius 1 is 1.24 bits per heavy atom. The molecule has 17 heavy (non-hydrogen) atoms. The molecule has 0 saturated heterocycles. The lowest BCUT2D eigenvalue weighted by Crippen LogP contribution is -2.31. The Kier molecular flexibility index (Phi) is 5.87. The van der Waals surface area contributed by atoms with Crippen molar-refractivity contribution in [2.45, 2.75) is 27.0 Å². The van der Waals surface area contributed by atoms with Crippen LogP contribution >= 0.6 is 0 Å². The molecule has 0 radical (unpaired) electrons. The summed E-state index contributed by atoms with van der Waals surface area (Å²) in [5.74, 6) is 0.0538. The van der Waals surface area contributed by atoms with Gasteiger partial charge in [-0.25, -0.2) is 0 Å². The van der Waals surface area contributed by atoms with E-state index in [1.54, 1.807) is 6.92 Å². The quantitative estimate of drug-likeness (QED) is 0.680. The summed E-state index contributed by atoms with van der Waals surface area (Å²) in [4.78, 5) is 13.2. The minimum atomic E-state index is -0.130. The SMILES string of the molecule is CCN(CC)C(OCC(C)=O)c1ccccc1. The zero-order valence-corrected chi connectivity index (χ0v) is 10.8. The lowest BCUT2D eigenvalue weighted by atomic mass is 10.2. The first-order valence-corrected chi connectivity index (χ1v) is 6.09. The van der Waals surface area contributed by atoms with Crippen LogP contribution in [-0.2, 0) is 9.53 Å². The van der Waals surface area contributed by atoms with Crippen LogP contribution in [0.5, 0.6) is 0 Å².